The van der Waals surface area contributed by atoms with E-state index >= 15 is 0 Å². The van der Waals surface area contributed by atoms with Gasteiger partial charge in [0.2, 0.25) is 5.91 Å². The molecule has 0 saturated carbocycles. The van der Waals surface area contributed by atoms with Gasteiger partial charge in [0, 0.05) is 12.8 Å². The molecule has 0 spiro atoms. The molecule has 1 atom stereocenters. The van der Waals surface area contributed by atoms with Crippen LogP contribution in [0.3, 0.4) is 0 Å². The lowest BCUT2D eigenvalue weighted by molar-refractivity contribution is -0.150. The molecule has 0 bridgehead atoms. The summed E-state index contributed by atoms with van der Waals surface area (Å²) in [6, 6.07) is 0. The van der Waals surface area contributed by atoms with Crippen LogP contribution in [0.5, 0.6) is 0 Å². The zero-order chi connectivity index (χ0) is 29.5. The summed E-state index contributed by atoms with van der Waals surface area (Å²) in [5.41, 5.74) is 0. The Bertz CT molecular complexity index is 753. The van der Waals surface area contributed by atoms with Crippen molar-refractivity contribution in [1.82, 2.24) is 5.32 Å². The van der Waals surface area contributed by atoms with Crippen LogP contribution in [0.4, 0.5) is 0 Å². The van der Waals surface area contributed by atoms with Crippen molar-refractivity contribution in [2.75, 3.05) is 6.54 Å². The Hall–Kier alpha value is -2.63. The summed E-state index contributed by atoms with van der Waals surface area (Å²) in [7, 11) is 0. The van der Waals surface area contributed by atoms with E-state index in [4.69, 9.17) is 9.84 Å². The molecule has 1 amide bonds. The lowest BCUT2D eigenvalue weighted by atomic mass is 10.0. The second kappa shape index (κ2) is 29.4. The van der Waals surface area contributed by atoms with E-state index in [9.17, 15) is 14.4 Å². The Morgan fingerprint density at radius 1 is 0.675 bits per heavy atom. The Morgan fingerprint density at radius 2 is 1.23 bits per heavy atom. The third-order valence-corrected chi connectivity index (χ3v) is 6.52. The zero-order valence-electron chi connectivity index (χ0n) is 25.4. The normalized spacial score (nSPS) is 12.7. The number of carboxylic acid groups (broad SMARTS) is 1. The molecule has 228 valence electrons. The van der Waals surface area contributed by atoms with Gasteiger partial charge in [-0.05, 0) is 77.0 Å². The highest BCUT2D eigenvalue weighted by Gasteiger charge is 2.14. The maximum Gasteiger partial charge on any atom is 0.322 e. The van der Waals surface area contributed by atoms with Crippen LogP contribution in [0.2, 0.25) is 0 Å². The number of hydrogen-bond donors (Lipinski definition) is 2. The number of ether oxygens (including phenoxy) is 1. The van der Waals surface area contributed by atoms with Gasteiger partial charge in [-0.3, -0.25) is 14.4 Å². The minimum atomic E-state index is -1.03. The number of unbranched alkanes of at least 4 members (excludes halogenated alkanes) is 8. The summed E-state index contributed by atoms with van der Waals surface area (Å²) in [5.74, 6) is -1.33. The van der Waals surface area contributed by atoms with Crippen LogP contribution >= 0.6 is 0 Å². The van der Waals surface area contributed by atoms with E-state index in [2.05, 4.69) is 67.8 Å². The van der Waals surface area contributed by atoms with Gasteiger partial charge in [-0.25, -0.2) is 0 Å². The second-order valence-electron chi connectivity index (χ2n) is 10.3. The summed E-state index contributed by atoms with van der Waals surface area (Å²) < 4.78 is 5.85. The molecular weight excluding hydrogens is 502 g/mol. The fraction of sp³-hybridized carbons (Fsp3) is 0.676. The molecule has 1 unspecified atom stereocenters. The van der Waals surface area contributed by atoms with Crippen molar-refractivity contribution < 1.29 is 24.2 Å². The van der Waals surface area contributed by atoms with Crippen LogP contribution in [0.1, 0.15) is 136 Å². The predicted molar refractivity (Wildman–Crippen MR) is 166 cm³/mol. The molecule has 6 nitrogen and oxygen atoms in total. The molecule has 6 heteroatoms. The van der Waals surface area contributed by atoms with Crippen LogP contribution in [-0.4, -0.2) is 35.6 Å². The van der Waals surface area contributed by atoms with Crippen molar-refractivity contribution in [3.63, 3.8) is 0 Å². The van der Waals surface area contributed by atoms with Gasteiger partial charge in [-0.2, -0.15) is 0 Å². The third-order valence-electron chi connectivity index (χ3n) is 6.52. The molecule has 0 aromatic heterocycles. The largest absolute Gasteiger partial charge is 0.480 e. The standard InChI is InChI=1S/C34H57NO5/c1-3-5-7-9-10-11-12-13-14-15-16-17-18-19-25-29-34(39)40-31(26-22-8-6-4-2)27-23-20-21-24-28-32(36)35-30-33(37)38/h5,7,10-11,13-14,16-17,31H,3-4,6,8-9,12,15,18-30H2,1-2H3,(H,35,36)(H,37,38)/b7-5-,11-10-,14-13-,17-16-. The summed E-state index contributed by atoms with van der Waals surface area (Å²) in [6.07, 6.45) is 35.3. The molecule has 0 aliphatic heterocycles. The highest BCUT2D eigenvalue weighted by molar-refractivity contribution is 5.80. The lowest BCUT2D eigenvalue weighted by Crippen LogP contribution is -2.28. The summed E-state index contributed by atoms with van der Waals surface area (Å²) in [6.45, 7) is 4.01. The Balaban J connectivity index is 4.06. The topological polar surface area (TPSA) is 92.7 Å². The number of carbonyl (C=O) groups excluding carboxylic acids is 2. The van der Waals surface area contributed by atoms with Crippen LogP contribution in [0, 0.1) is 0 Å². The van der Waals surface area contributed by atoms with Crippen LogP contribution in [0.15, 0.2) is 48.6 Å². The first kappa shape index (κ1) is 37.4. The number of carbonyl (C=O) groups is 3. The zero-order valence-corrected chi connectivity index (χ0v) is 25.4. The van der Waals surface area contributed by atoms with Gasteiger partial charge >= 0.3 is 11.9 Å². The first-order chi connectivity index (χ1) is 19.5. The average molecular weight is 560 g/mol. The Labute approximate surface area is 244 Å². The van der Waals surface area contributed by atoms with Crippen LogP contribution in [-0.2, 0) is 19.1 Å². The molecule has 40 heavy (non-hydrogen) atoms. The molecule has 0 heterocycles. The highest BCUT2D eigenvalue weighted by Crippen LogP contribution is 2.17. The molecule has 0 radical (unpaired) electrons. The fourth-order valence-corrected chi connectivity index (χ4v) is 4.21. The van der Waals surface area contributed by atoms with Crippen molar-refractivity contribution in [3.8, 4) is 0 Å². The minimum Gasteiger partial charge on any atom is -0.480 e. The molecule has 0 rings (SSSR count). The van der Waals surface area contributed by atoms with Gasteiger partial charge in [-0.15, -0.1) is 0 Å². The van der Waals surface area contributed by atoms with Crippen molar-refractivity contribution in [1.29, 1.82) is 0 Å². The van der Waals surface area contributed by atoms with Crippen molar-refractivity contribution >= 4 is 17.8 Å². The van der Waals surface area contributed by atoms with Gasteiger partial charge in [0.25, 0.3) is 0 Å². The van der Waals surface area contributed by atoms with Gasteiger partial charge in [0.15, 0.2) is 0 Å². The average Bonchev–Trinajstić information content (AvgIpc) is 2.93. The SMILES string of the molecule is CC/C=C\C/C=C\C/C=C\C/C=C\CCCCC(=O)OC(CCCCCC)CCCCCCC(=O)NCC(=O)O. The smallest absolute Gasteiger partial charge is 0.322 e. The van der Waals surface area contributed by atoms with Crippen LogP contribution in [0.25, 0.3) is 0 Å². The van der Waals surface area contributed by atoms with Gasteiger partial charge < -0.3 is 15.2 Å². The number of hydrogen-bond acceptors (Lipinski definition) is 4. The van der Waals surface area contributed by atoms with E-state index in [0.717, 1.165) is 89.9 Å². The van der Waals surface area contributed by atoms with E-state index in [1.54, 1.807) is 0 Å². The van der Waals surface area contributed by atoms with E-state index < -0.39 is 5.97 Å². The van der Waals surface area contributed by atoms with Gasteiger partial charge in [0.1, 0.15) is 12.6 Å². The molecule has 0 aromatic rings. The maximum absolute atomic E-state index is 12.5. The van der Waals surface area contributed by atoms with Gasteiger partial charge in [-0.1, -0.05) is 94.6 Å². The number of rotatable bonds is 27. The van der Waals surface area contributed by atoms with E-state index in [-0.39, 0.29) is 24.5 Å². The Kier molecular flexibility index (Phi) is 27.4. The predicted octanol–water partition coefficient (Wildman–Crippen LogP) is 8.78. The molecule has 0 saturated heterocycles. The second-order valence-corrected chi connectivity index (χ2v) is 10.3. The fourth-order valence-electron chi connectivity index (χ4n) is 4.21. The quantitative estimate of drug-likeness (QED) is 0.0596. The first-order valence-electron chi connectivity index (χ1n) is 15.8. The van der Waals surface area contributed by atoms with E-state index in [1.165, 1.54) is 19.3 Å². The minimum absolute atomic E-state index is 0.0162. The number of aliphatic carboxylic acids is 1. The molecule has 0 fully saturated rings. The summed E-state index contributed by atoms with van der Waals surface area (Å²) in [5, 5.41) is 11.0. The number of carboxylic acids is 1. The van der Waals surface area contributed by atoms with Crippen molar-refractivity contribution in [2.45, 2.75) is 142 Å². The monoisotopic (exact) mass is 559 g/mol. The Morgan fingerprint density at radius 3 is 1.82 bits per heavy atom. The molecular formula is C34H57NO5. The molecule has 0 aliphatic carbocycles. The molecule has 0 aliphatic rings. The number of allylic oxidation sites excluding steroid dienone is 8. The number of nitrogens with one attached hydrogen (secondary N) is 1. The van der Waals surface area contributed by atoms with Crippen molar-refractivity contribution in [3.05, 3.63) is 48.6 Å². The number of amides is 1. The molecule has 0 aromatic carbocycles. The highest BCUT2D eigenvalue weighted by atomic mass is 16.5. The first-order valence-corrected chi connectivity index (χ1v) is 15.8. The summed E-state index contributed by atoms with van der Waals surface area (Å²) in [4.78, 5) is 34.5. The van der Waals surface area contributed by atoms with E-state index in [1.807, 2.05) is 0 Å². The third kappa shape index (κ3) is 28.4. The van der Waals surface area contributed by atoms with Crippen LogP contribution < -0.4 is 5.32 Å². The van der Waals surface area contributed by atoms with Gasteiger partial charge in [0.05, 0.1) is 0 Å². The summed E-state index contributed by atoms with van der Waals surface area (Å²) >= 11 is 0. The molecule has 2 N–H and O–H groups in total. The maximum atomic E-state index is 12.5. The lowest BCUT2D eigenvalue weighted by Gasteiger charge is -2.18. The van der Waals surface area contributed by atoms with E-state index in [0.29, 0.717) is 12.8 Å². The van der Waals surface area contributed by atoms with Crippen molar-refractivity contribution in [2.24, 2.45) is 0 Å². The number of esters is 1.